The van der Waals surface area contributed by atoms with Gasteiger partial charge in [-0.1, -0.05) is 54.1 Å². The maximum Gasteiger partial charge on any atom is 0.343 e. The lowest BCUT2D eigenvalue weighted by atomic mass is 10.1. The molecule has 0 radical (unpaired) electrons. The molecule has 0 bridgehead atoms. The summed E-state index contributed by atoms with van der Waals surface area (Å²) in [6.45, 7) is 3.47. The van der Waals surface area contributed by atoms with E-state index in [1.165, 1.54) is 36.4 Å². The molecule has 4 aromatic rings. The molecule has 0 atom stereocenters. The first-order valence-corrected chi connectivity index (χ1v) is 13.4. The zero-order chi connectivity index (χ0) is 29.8. The number of benzene rings is 4. The second-order valence-corrected chi connectivity index (χ2v) is 10.00. The summed E-state index contributed by atoms with van der Waals surface area (Å²) in [5.41, 5.74) is 3.20. The number of amides is 2. The summed E-state index contributed by atoms with van der Waals surface area (Å²) in [6.07, 6.45) is -0.284. The molecule has 9 heteroatoms. The van der Waals surface area contributed by atoms with E-state index in [9.17, 15) is 19.2 Å². The van der Waals surface area contributed by atoms with E-state index in [0.717, 1.165) is 16.0 Å². The summed E-state index contributed by atoms with van der Waals surface area (Å²) in [5.74, 6) is -2.03. The molecule has 0 aromatic heterocycles. The largest absolute Gasteiger partial charge is 0.459 e. The third kappa shape index (κ3) is 6.09. The van der Waals surface area contributed by atoms with Gasteiger partial charge in [0.05, 0.1) is 22.9 Å². The Balaban J connectivity index is 1.23. The minimum atomic E-state index is -0.708. The number of rotatable bonds is 8. The van der Waals surface area contributed by atoms with Crippen LogP contribution in [0.5, 0.6) is 5.75 Å². The van der Waals surface area contributed by atoms with Gasteiger partial charge in [-0.2, -0.15) is 0 Å². The lowest BCUT2D eigenvalue weighted by Gasteiger charge is -2.16. The second-order valence-electron chi connectivity index (χ2n) is 9.62. The highest BCUT2D eigenvalue weighted by molar-refractivity contribution is 6.53. The zero-order valence-corrected chi connectivity index (χ0v) is 23.4. The molecular formula is C33H25ClN2O6. The fraction of sp³-hybridized carbons (Fsp3) is 0.0909. The van der Waals surface area contributed by atoms with Gasteiger partial charge in [0, 0.05) is 5.69 Å². The van der Waals surface area contributed by atoms with Gasteiger partial charge < -0.3 is 14.8 Å². The summed E-state index contributed by atoms with van der Waals surface area (Å²) >= 11 is 6.24. The third-order valence-electron chi connectivity index (χ3n) is 6.29. The molecule has 4 aromatic carbocycles. The Kier molecular flexibility index (Phi) is 8.17. The molecule has 8 nitrogen and oxygen atoms in total. The van der Waals surface area contributed by atoms with Gasteiger partial charge in [0.25, 0.3) is 11.8 Å². The molecule has 5 rings (SSSR count). The standard InChI is InChI=1S/C33H25ClN2O6/c1-20(2)41-32(39)24-10-16-26(17-11-24)36-30(37)28(34)29(31(36)38)35-25-14-8-23(9-15-25)33(40)42-27-18-12-22(13-19-27)21-6-4-3-5-7-21/h3-20,35H,1-2H3. The first-order valence-electron chi connectivity index (χ1n) is 13.1. The maximum atomic E-state index is 13.1. The van der Waals surface area contributed by atoms with Crippen LogP contribution in [0.2, 0.25) is 0 Å². The van der Waals surface area contributed by atoms with Crippen LogP contribution in [-0.4, -0.2) is 29.9 Å². The summed E-state index contributed by atoms with van der Waals surface area (Å²) in [4.78, 5) is 51.6. The monoisotopic (exact) mass is 580 g/mol. The number of esters is 2. The van der Waals surface area contributed by atoms with Crippen molar-refractivity contribution < 1.29 is 28.7 Å². The molecular weight excluding hydrogens is 556 g/mol. The molecule has 42 heavy (non-hydrogen) atoms. The first kappa shape index (κ1) is 28.3. The zero-order valence-electron chi connectivity index (χ0n) is 22.7. The number of carbonyl (C=O) groups is 4. The summed E-state index contributed by atoms with van der Waals surface area (Å²) in [7, 11) is 0. The molecule has 210 valence electrons. The highest BCUT2D eigenvalue weighted by atomic mass is 35.5. The van der Waals surface area contributed by atoms with Crippen molar-refractivity contribution in [1.82, 2.24) is 0 Å². The predicted molar refractivity (Wildman–Crippen MR) is 159 cm³/mol. The van der Waals surface area contributed by atoms with Crippen molar-refractivity contribution in [1.29, 1.82) is 0 Å². The molecule has 0 spiro atoms. The molecule has 0 saturated carbocycles. The summed E-state index contributed by atoms with van der Waals surface area (Å²) < 4.78 is 10.7. The number of hydrogen-bond donors (Lipinski definition) is 1. The molecule has 0 unspecified atom stereocenters. The molecule has 1 heterocycles. The maximum absolute atomic E-state index is 13.1. The number of halogens is 1. The van der Waals surface area contributed by atoms with Gasteiger partial charge in [-0.25, -0.2) is 14.5 Å². The normalized spacial score (nSPS) is 13.0. The average Bonchev–Trinajstić information content (AvgIpc) is 3.20. The third-order valence-corrected chi connectivity index (χ3v) is 6.64. The second kappa shape index (κ2) is 12.1. The van der Waals surface area contributed by atoms with Crippen molar-refractivity contribution in [3.63, 3.8) is 0 Å². The lowest BCUT2D eigenvalue weighted by Crippen LogP contribution is -2.32. The number of anilines is 2. The quantitative estimate of drug-likeness (QED) is 0.143. The number of nitrogens with one attached hydrogen (secondary N) is 1. The van der Waals surface area contributed by atoms with Crippen LogP contribution in [0.4, 0.5) is 11.4 Å². The van der Waals surface area contributed by atoms with Crippen LogP contribution in [0, 0.1) is 0 Å². The van der Waals surface area contributed by atoms with Crippen LogP contribution in [0.15, 0.2) is 114 Å². The van der Waals surface area contributed by atoms with E-state index in [1.807, 2.05) is 42.5 Å². The molecule has 0 saturated heterocycles. The van der Waals surface area contributed by atoms with Crippen LogP contribution in [0.25, 0.3) is 11.1 Å². The van der Waals surface area contributed by atoms with Gasteiger partial charge >= 0.3 is 11.9 Å². The van der Waals surface area contributed by atoms with Gasteiger partial charge in [-0.15, -0.1) is 0 Å². The Morgan fingerprint density at radius 2 is 1.29 bits per heavy atom. The van der Waals surface area contributed by atoms with Crippen molar-refractivity contribution in [2.45, 2.75) is 20.0 Å². The van der Waals surface area contributed by atoms with Gasteiger partial charge in [-0.05, 0) is 85.6 Å². The van der Waals surface area contributed by atoms with Crippen LogP contribution >= 0.6 is 11.6 Å². The molecule has 0 aliphatic carbocycles. The Morgan fingerprint density at radius 1 is 0.714 bits per heavy atom. The fourth-order valence-electron chi connectivity index (χ4n) is 4.22. The minimum Gasteiger partial charge on any atom is -0.459 e. The Hall–Kier alpha value is -5.21. The number of nitrogens with zero attached hydrogens (tertiary/aromatic N) is 1. The Morgan fingerprint density at radius 3 is 1.90 bits per heavy atom. The molecule has 0 fully saturated rings. The lowest BCUT2D eigenvalue weighted by molar-refractivity contribution is -0.120. The van der Waals surface area contributed by atoms with E-state index < -0.39 is 23.8 Å². The van der Waals surface area contributed by atoms with E-state index in [0.29, 0.717) is 17.0 Å². The SMILES string of the molecule is CC(C)OC(=O)c1ccc(N2C(=O)C(Cl)=C(Nc3ccc(C(=O)Oc4ccc(-c5ccccc5)cc4)cc3)C2=O)cc1. The Bertz CT molecular complexity index is 1680. The van der Waals surface area contributed by atoms with Crippen LogP contribution in [0.3, 0.4) is 0 Å². The van der Waals surface area contributed by atoms with E-state index >= 15 is 0 Å². The predicted octanol–water partition coefficient (Wildman–Crippen LogP) is 6.57. The smallest absolute Gasteiger partial charge is 0.343 e. The summed E-state index contributed by atoms with van der Waals surface area (Å²) in [5, 5.41) is 2.58. The van der Waals surface area contributed by atoms with Crippen molar-refractivity contribution in [2.75, 3.05) is 10.2 Å². The minimum absolute atomic E-state index is 0.112. The van der Waals surface area contributed by atoms with Crippen molar-refractivity contribution in [3.05, 3.63) is 125 Å². The molecule has 1 aliphatic heterocycles. The van der Waals surface area contributed by atoms with E-state index in [2.05, 4.69) is 5.32 Å². The van der Waals surface area contributed by atoms with E-state index in [-0.39, 0.29) is 28.1 Å². The van der Waals surface area contributed by atoms with Crippen molar-refractivity contribution in [3.8, 4) is 16.9 Å². The molecule has 1 N–H and O–H groups in total. The van der Waals surface area contributed by atoms with Gasteiger partial charge in [-0.3, -0.25) is 9.59 Å². The van der Waals surface area contributed by atoms with E-state index in [1.54, 1.807) is 38.1 Å². The number of hydrogen-bond acceptors (Lipinski definition) is 7. The number of imide groups is 1. The first-order chi connectivity index (χ1) is 20.2. The van der Waals surface area contributed by atoms with Crippen molar-refractivity contribution >= 4 is 46.7 Å². The van der Waals surface area contributed by atoms with Crippen LogP contribution in [-0.2, 0) is 14.3 Å². The molecule has 2 amide bonds. The highest BCUT2D eigenvalue weighted by Crippen LogP contribution is 2.31. The number of carbonyl (C=O) groups excluding carboxylic acids is 4. The van der Waals surface area contributed by atoms with Crippen molar-refractivity contribution in [2.24, 2.45) is 0 Å². The van der Waals surface area contributed by atoms with Crippen LogP contribution in [0.1, 0.15) is 34.6 Å². The van der Waals surface area contributed by atoms with Crippen LogP contribution < -0.4 is 15.0 Å². The van der Waals surface area contributed by atoms with Gasteiger partial charge in [0.15, 0.2) is 0 Å². The number of ether oxygens (including phenoxy) is 2. The fourth-order valence-corrected chi connectivity index (χ4v) is 4.43. The summed E-state index contributed by atoms with van der Waals surface area (Å²) in [6, 6.07) is 29.1. The van der Waals surface area contributed by atoms with Gasteiger partial charge in [0.2, 0.25) is 0 Å². The van der Waals surface area contributed by atoms with E-state index in [4.69, 9.17) is 21.1 Å². The Labute approximate surface area is 247 Å². The topological polar surface area (TPSA) is 102 Å². The average molecular weight is 581 g/mol. The molecule has 1 aliphatic rings. The highest BCUT2D eigenvalue weighted by Gasteiger charge is 2.39. The van der Waals surface area contributed by atoms with Gasteiger partial charge in [0.1, 0.15) is 16.5 Å².